The molecular weight excluding hydrogens is 292 g/mol. The van der Waals surface area contributed by atoms with Crippen molar-refractivity contribution in [3.05, 3.63) is 0 Å². The van der Waals surface area contributed by atoms with Crippen molar-refractivity contribution < 1.29 is 14.3 Å². The van der Waals surface area contributed by atoms with Crippen LogP contribution in [-0.2, 0) is 14.3 Å². The molecule has 1 aliphatic carbocycles. The molecule has 0 aromatic heterocycles. The minimum atomic E-state index is 0.0698. The third-order valence-corrected chi connectivity index (χ3v) is 6.34. The fourth-order valence-electron chi connectivity index (χ4n) is 5.07. The summed E-state index contributed by atoms with van der Waals surface area (Å²) in [5.74, 6) is 2.33. The first-order chi connectivity index (χ1) is 11.3. The molecule has 5 nitrogen and oxygen atoms in total. The predicted octanol–water partition coefficient (Wildman–Crippen LogP) is 1.23. The van der Waals surface area contributed by atoms with Gasteiger partial charge in [-0.05, 0) is 30.6 Å². The van der Waals surface area contributed by atoms with E-state index in [2.05, 4.69) is 4.90 Å². The first kappa shape index (κ1) is 15.9. The second-order valence-electron chi connectivity index (χ2n) is 7.87. The molecule has 5 heteroatoms. The Morgan fingerprint density at radius 2 is 1.78 bits per heavy atom. The van der Waals surface area contributed by atoms with Crippen LogP contribution in [0.5, 0.6) is 0 Å². The van der Waals surface area contributed by atoms with Gasteiger partial charge in [-0.1, -0.05) is 12.8 Å². The van der Waals surface area contributed by atoms with Gasteiger partial charge in [0.05, 0.1) is 32.3 Å². The molecule has 0 N–H and O–H groups in total. The highest BCUT2D eigenvalue weighted by atomic mass is 16.5. The Bertz CT molecular complexity index is 418. The summed E-state index contributed by atoms with van der Waals surface area (Å²) >= 11 is 0. The van der Waals surface area contributed by atoms with Crippen LogP contribution in [0, 0.1) is 23.7 Å². The van der Waals surface area contributed by atoms with Gasteiger partial charge in [0.25, 0.3) is 0 Å². The number of rotatable bonds is 3. The molecule has 4 fully saturated rings. The Balaban J connectivity index is 1.37. The molecule has 0 unspecified atom stereocenters. The molecule has 4 rings (SSSR count). The van der Waals surface area contributed by atoms with Crippen molar-refractivity contribution in [3.63, 3.8) is 0 Å². The summed E-state index contributed by atoms with van der Waals surface area (Å²) in [6.07, 6.45) is 5.62. The normalized spacial score (nSPS) is 36.3. The van der Waals surface area contributed by atoms with Crippen LogP contribution >= 0.6 is 0 Å². The Hall–Kier alpha value is -0.650. The van der Waals surface area contributed by atoms with Crippen molar-refractivity contribution in [2.75, 3.05) is 59.2 Å². The molecule has 3 atom stereocenters. The quantitative estimate of drug-likeness (QED) is 0.784. The topological polar surface area (TPSA) is 42.0 Å². The van der Waals surface area contributed by atoms with Gasteiger partial charge in [0, 0.05) is 32.7 Å². The molecule has 0 spiro atoms. The molecule has 0 aromatic rings. The molecule has 3 aliphatic heterocycles. The summed E-state index contributed by atoms with van der Waals surface area (Å²) in [5, 5.41) is 0. The van der Waals surface area contributed by atoms with E-state index in [9.17, 15) is 4.79 Å². The molecular formula is C18H30N2O3. The lowest BCUT2D eigenvalue weighted by molar-refractivity contribution is -0.148. The largest absolute Gasteiger partial charge is 0.380 e. The van der Waals surface area contributed by atoms with Gasteiger partial charge in [-0.15, -0.1) is 0 Å². The third kappa shape index (κ3) is 3.42. The van der Waals surface area contributed by atoms with Crippen molar-refractivity contribution in [3.8, 4) is 0 Å². The van der Waals surface area contributed by atoms with Crippen molar-refractivity contribution in [2.24, 2.45) is 23.7 Å². The Morgan fingerprint density at radius 3 is 2.57 bits per heavy atom. The summed E-state index contributed by atoms with van der Waals surface area (Å²) in [6.45, 7) is 7.80. The summed E-state index contributed by atoms with van der Waals surface area (Å²) in [5.41, 5.74) is 0. The second-order valence-corrected chi connectivity index (χ2v) is 7.87. The summed E-state index contributed by atoms with van der Waals surface area (Å²) in [4.78, 5) is 17.5. The molecule has 1 saturated carbocycles. The smallest absolute Gasteiger partial charge is 0.228 e. The minimum Gasteiger partial charge on any atom is -0.380 e. The lowest BCUT2D eigenvalue weighted by atomic mass is 9.82. The number of carbonyl (C=O) groups excluding carboxylic acids is 1. The zero-order valence-electron chi connectivity index (χ0n) is 14.1. The number of hydrogen-bond acceptors (Lipinski definition) is 4. The number of likely N-dealkylation sites (tertiary alicyclic amines) is 1. The van der Waals surface area contributed by atoms with Crippen LogP contribution < -0.4 is 0 Å². The lowest BCUT2D eigenvalue weighted by Gasteiger charge is -2.37. The Morgan fingerprint density at radius 1 is 1.00 bits per heavy atom. The number of morpholine rings is 1. The maximum absolute atomic E-state index is 12.9. The Labute approximate surface area is 139 Å². The maximum Gasteiger partial charge on any atom is 0.228 e. The van der Waals surface area contributed by atoms with Gasteiger partial charge in [-0.2, -0.15) is 0 Å². The fourth-order valence-corrected chi connectivity index (χ4v) is 5.07. The van der Waals surface area contributed by atoms with E-state index in [4.69, 9.17) is 9.47 Å². The minimum absolute atomic E-state index is 0.0698. The van der Waals surface area contributed by atoms with Crippen LogP contribution in [0.15, 0.2) is 0 Å². The van der Waals surface area contributed by atoms with E-state index in [-0.39, 0.29) is 5.92 Å². The van der Waals surface area contributed by atoms with E-state index in [1.165, 1.54) is 32.2 Å². The van der Waals surface area contributed by atoms with Crippen molar-refractivity contribution in [1.29, 1.82) is 0 Å². The van der Waals surface area contributed by atoms with Gasteiger partial charge < -0.3 is 19.3 Å². The van der Waals surface area contributed by atoms with Gasteiger partial charge in [-0.25, -0.2) is 0 Å². The first-order valence-corrected chi connectivity index (χ1v) is 9.48. The highest BCUT2D eigenvalue weighted by molar-refractivity contribution is 5.79. The number of hydrogen-bond donors (Lipinski definition) is 0. The van der Waals surface area contributed by atoms with Crippen molar-refractivity contribution in [2.45, 2.75) is 25.7 Å². The molecule has 3 heterocycles. The van der Waals surface area contributed by atoms with Crippen LogP contribution in [0.25, 0.3) is 0 Å². The van der Waals surface area contributed by atoms with Crippen LogP contribution in [-0.4, -0.2) is 74.9 Å². The average molecular weight is 322 g/mol. The summed E-state index contributed by atoms with van der Waals surface area (Å²) in [7, 11) is 0. The van der Waals surface area contributed by atoms with Gasteiger partial charge in [0.1, 0.15) is 0 Å². The highest BCUT2D eigenvalue weighted by Crippen LogP contribution is 2.36. The zero-order chi connectivity index (χ0) is 15.6. The zero-order valence-corrected chi connectivity index (χ0v) is 14.1. The Kier molecular flexibility index (Phi) is 4.88. The number of carbonyl (C=O) groups is 1. The molecule has 130 valence electrons. The van der Waals surface area contributed by atoms with Crippen molar-refractivity contribution in [1.82, 2.24) is 9.80 Å². The van der Waals surface area contributed by atoms with E-state index in [1.54, 1.807) is 0 Å². The number of nitrogens with zero attached hydrogens (tertiary/aromatic N) is 2. The molecule has 0 aromatic carbocycles. The molecule has 0 radical (unpaired) electrons. The second kappa shape index (κ2) is 7.08. The van der Waals surface area contributed by atoms with E-state index >= 15 is 0 Å². The molecule has 3 saturated heterocycles. The standard InChI is InChI=1S/C18H30N2O3/c21-18(20-5-7-22-8-6-20)17-13-23-12-15-10-19(11-16(15)17)9-14-3-1-2-4-14/h14-17H,1-13H2/t15-,16-,17+/m1/s1. The van der Waals surface area contributed by atoms with Crippen LogP contribution in [0.4, 0.5) is 0 Å². The predicted molar refractivity (Wildman–Crippen MR) is 87.1 cm³/mol. The van der Waals surface area contributed by atoms with E-state index in [0.29, 0.717) is 37.6 Å². The first-order valence-electron chi connectivity index (χ1n) is 9.48. The highest BCUT2D eigenvalue weighted by Gasteiger charge is 2.45. The number of ether oxygens (including phenoxy) is 2. The fraction of sp³-hybridized carbons (Fsp3) is 0.944. The summed E-state index contributed by atoms with van der Waals surface area (Å²) in [6, 6.07) is 0. The SMILES string of the molecule is O=C([C@H]1COC[C@H]2CN(CC3CCCC3)C[C@H]21)N1CCOCC1. The van der Waals surface area contributed by atoms with Crippen LogP contribution in [0.1, 0.15) is 25.7 Å². The maximum atomic E-state index is 12.9. The average Bonchev–Trinajstić information content (AvgIpc) is 3.24. The van der Waals surface area contributed by atoms with Gasteiger partial charge in [-0.3, -0.25) is 4.79 Å². The van der Waals surface area contributed by atoms with E-state index in [1.807, 2.05) is 4.90 Å². The van der Waals surface area contributed by atoms with Gasteiger partial charge in [0.2, 0.25) is 5.91 Å². The van der Waals surface area contributed by atoms with Crippen LogP contribution in [0.3, 0.4) is 0 Å². The van der Waals surface area contributed by atoms with Gasteiger partial charge >= 0.3 is 0 Å². The monoisotopic (exact) mass is 322 g/mol. The molecule has 23 heavy (non-hydrogen) atoms. The van der Waals surface area contributed by atoms with E-state index < -0.39 is 0 Å². The third-order valence-electron chi connectivity index (χ3n) is 6.34. The van der Waals surface area contributed by atoms with Crippen molar-refractivity contribution >= 4 is 5.91 Å². The number of fused-ring (bicyclic) bond motifs is 1. The molecule has 0 bridgehead atoms. The number of amides is 1. The molecule has 1 amide bonds. The summed E-state index contributed by atoms with van der Waals surface area (Å²) < 4.78 is 11.2. The van der Waals surface area contributed by atoms with Crippen LogP contribution in [0.2, 0.25) is 0 Å². The van der Waals surface area contributed by atoms with E-state index in [0.717, 1.165) is 38.7 Å². The van der Waals surface area contributed by atoms with Gasteiger partial charge in [0.15, 0.2) is 0 Å². The molecule has 4 aliphatic rings. The lowest BCUT2D eigenvalue weighted by Crippen LogP contribution is -2.49.